The van der Waals surface area contributed by atoms with Crippen LogP contribution in [0.5, 0.6) is 0 Å². The third-order valence-electron chi connectivity index (χ3n) is 5.21. The first kappa shape index (κ1) is 16.9. The lowest BCUT2D eigenvalue weighted by Crippen LogP contribution is -2.22. The zero-order chi connectivity index (χ0) is 19.1. The third kappa shape index (κ3) is 3.01. The minimum Gasteiger partial charge on any atom is -0.391 e. The van der Waals surface area contributed by atoms with E-state index < -0.39 is 6.10 Å². The number of benzene rings is 1. The van der Waals surface area contributed by atoms with E-state index in [0.29, 0.717) is 25.2 Å². The summed E-state index contributed by atoms with van der Waals surface area (Å²) in [7, 11) is 0. The molecule has 1 fully saturated rings. The van der Waals surface area contributed by atoms with Crippen LogP contribution in [0.4, 0.5) is 5.69 Å². The van der Waals surface area contributed by atoms with E-state index in [1.54, 1.807) is 10.8 Å². The summed E-state index contributed by atoms with van der Waals surface area (Å²) in [6.07, 6.45) is 1.80. The summed E-state index contributed by atoms with van der Waals surface area (Å²) in [6, 6.07) is 13.9. The van der Waals surface area contributed by atoms with Crippen LogP contribution < -0.4 is 4.90 Å². The summed E-state index contributed by atoms with van der Waals surface area (Å²) < 4.78 is 7.03. The van der Waals surface area contributed by atoms with Gasteiger partial charge in [-0.05, 0) is 13.0 Å². The Labute approximate surface area is 161 Å². The molecule has 0 spiro atoms. The normalized spacial score (nSPS) is 19.6. The highest BCUT2D eigenvalue weighted by Gasteiger charge is 2.34. The smallest absolute Gasteiger partial charge is 0.200 e. The maximum atomic E-state index is 10.6. The molecule has 142 valence electrons. The fourth-order valence-electron chi connectivity index (χ4n) is 3.82. The van der Waals surface area contributed by atoms with Gasteiger partial charge in [-0.25, -0.2) is 0 Å². The molecule has 3 aromatic heterocycles. The van der Waals surface area contributed by atoms with Crippen molar-refractivity contribution >= 4 is 11.3 Å². The van der Waals surface area contributed by atoms with Gasteiger partial charge in [0.2, 0.25) is 5.65 Å². The van der Waals surface area contributed by atoms with E-state index in [2.05, 4.69) is 25.4 Å². The molecule has 0 saturated carbocycles. The molecule has 28 heavy (non-hydrogen) atoms. The van der Waals surface area contributed by atoms with Gasteiger partial charge in [-0.3, -0.25) is 0 Å². The third-order valence-corrected chi connectivity index (χ3v) is 5.21. The van der Waals surface area contributed by atoms with Gasteiger partial charge >= 0.3 is 0 Å². The van der Waals surface area contributed by atoms with E-state index in [1.165, 1.54) is 0 Å². The van der Waals surface area contributed by atoms with Crippen LogP contribution in [-0.4, -0.2) is 49.3 Å². The predicted molar refractivity (Wildman–Crippen MR) is 103 cm³/mol. The molecule has 4 heterocycles. The second kappa shape index (κ2) is 6.72. The molecule has 0 radical (unpaired) electrons. The largest absolute Gasteiger partial charge is 0.391 e. The molecule has 0 aliphatic carbocycles. The summed E-state index contributed by atoms with van der Waals surface area (Å²) >= 11 is 0. The van der Waals surface area contributed by atoms with Crippen molar-refractivity contribution in [3.63, 3.8) is 0 Å². The van der Waals surface area contributed by atoms with Gasteiger partial charge in [0.1, 0.15) is 12.1 Å². The SMILES string of the molecule is Cc1cc(C[C@@H]2CN(c3cc(-c4ccccc4)nn4cnnc34)C[C@@H]2O)on1. The number of aromatic nitrogens is 5. The molecular formula is C20H20N6O2. The fraction of sp³-hybridized carbons (Fsp3) is 0.300. The van der Waals surface area contributed by atoms with Gasteiger partial charge in [0.25, 0.3) is 0 Å². The number of aliphatic hydroxyl groups excluding tert-OH is 1. The number of hydrogen-bond acceptors (Lipinski definition) is 7. The van der Waals surface area contributed by atoms with E-state index in [9.17, 15) is 5.11 Å². The monoisotopic (exact) mass is 376 g/mol. The molecule has 0 bridgehead atoms. The Balaban J connectivity index is 1.48. The first-order chi connectivity index (χ1) is 13.7. The van der Waals surface area contributed by atoms with Crippen molar-refractivity contribution in [1.29, 1.82) is 0 Å². The minimum atomic E-state index is -0.457. The van der Waals surface area contributed by atoms with Crippen LogP contribution in [0.25, 0.3) is 16.9 Å². The highest BCUT2D eigenvalue weighted by atomic mass is 16.5. The highest BCUT2D eigenvalue weighted by molar-refractivity contribution is 5.74. The van der Waals surface area contributed by atoms with Gasteiger partial charge in [0.05, 0.1) is 23.2 Å². The molecule has 8 nitrogen and oxygen atoms in total. The first-order valence-electron chi connectivity index (χ1n) is 9.29. The molecule has 1 saturated heterocycles. The van der Waals surface area contributed by atoms with Gasteiger partial charge in [-0.2, -0.15) is 9.61 Å². The number of nitrogens with zero attached hydrogens (tertiary/aromatic N) is 6. The van der Waals surface area contributed by atoms with Gasteiger partial charge in [0, 0.05) is 37.1 Å². The second-order valence-electron chi connectivity index (χ2n) is 7.25. The number of β-amino-alcohol motifs (C(OH)–C–C–N with tert-alkyl or cyclic N) is 1. The van der Waals surface area contributed by atoms with Crippen LogP contribution in [0, 0.1) is 12.8 Å². The van der Waals surface area contributed by atoms with Crippen molar-refractivity contribution in [2.45, 2.75) is 19.4 Å². The van der Waals surface area contributed by atoms with Crippen molar-refractivity contribution in [3.05, 3.63) is 60.2 Å². The van der Waals surface area contributed by atoms with Crippen LogP contribution in [0.3, 0.4) is 0 Å². The molecule has 5 rings (SSSR count). The summed E-state index contributed by atoms with van der Waals surface area (Å²) in [5, 5.41) is 27.4. The Bertz CT molecular complexity index is 1110. The topological polar surface area (TPSA) is 92.6 Å². The summed E-state index contributed by atoms with van der Waals surface area (Å²) in [6.45, 7) is 3.12. The van der Waals surface area contributed by atoms with Crippen molar-refractivity contribution in [2.24, 2.45) is 5.92 Å². The number of fused-ring (bicyclic) bond motifs is 1. The fourth-order valence-corrected chi connectivity index (χ4v) is 3.82. The van der Waals surface area contributed by atoms with Gasteiger partial charge in [0.15, 0.2) is 0 Å². The Kier molecular flexibility index (Phi) is 4.05. The molecule has 1 aromatic carbocycles. The Morgan fingerprint density at radius 2 is 2.04 bits per heavy atom. The maximum absolute atomic E-state index is 10.6. The summed E-state index contributed by atoms with van der Waals surface area (Å²) in [5.41, 5.74) is 4.32. The lowest BCUT2D eigenvalue weighted by atomic mass is 10.0. The number of aliphatic hydroxyl groups is 1. The molecule has 2 atom stereocenters. The Hall–Kier alpha value is -3.26. The van der Waals surface area contributed by atoms with Gasteiger partial charge in [-0.15, -0.1) is 10.2 Å². The number of rotatable bonds is 4. The maximum Gasteiger partial charge on any atom is 0.200 e. The summed E-state index contributed by atoms with van der Waals surface area (Å²) in [4.78, 5) is 2.15. The number of hydrogen-bond donors (Lipinski definition) is 1. The first-order valence-corrected chi connectivity index (χ1v) is 9.29. The molecule has 4 aromatic rings. The Morgan fingerprint density at radius 1 is 1.18 bits per heavy atom. The van der Waals surface area contributed by atoms with Crippen LogP contribution in [0.1, 0.15) is 11.5 Å². The molecular weight excluding hydrogens is 356 g/mol. The molecule has 0 unspecified atom stereocenters. The molecule has 1 aliphatic rings. The van der Waals surface area contributed by atoms with Crippen molar-refractivity contribution in [2.75, 3.05) is 18.0 Å². The lowest BCUT2D eigenvalue weighted by Gasteiger charge is -2.19. The van der Waals surface area contributed by atoms with Gasteiger partial charge < -0.3 is 14.5 Å². The standard InChI is InChI=1S/C20H20N6O2/c1-13-7-16(28-24-13)8-15-10-25(11-19(15)27)18-9-17(14-5-3-2-4-6-14)23-26-12-21-22-20(18)26/h2-7,9,12,15,19,27H,8,10-11H2,1H3/t15-,19+/m1/s1. The van der Waals surface area contributed by atoms with Crippen molar-refractivity contribution < 1.29 is 9.63 Å². The zero-order valence-electron chi connectivity index (χ0n) is 15.4. The second-order valence-corrected chi connectivity index (χ2v) is 7.25. The van der Waals surface area contributed by atoms with E-state index in [0.717, 1.165) is 28.4 Å². The van der Waals surface area contributed by atoms with E-state index >= 15 is 0 Å². The van der Waals surface area contributed by atoms with Crippen LogP contribution in [0.15, 0.2) is 53.3 Å². The molecule has 8 heteroatoms. The number of anilines is 1. The lowest BCUT2D eigenvalue weighted by molar-refractivity contribution is 0.143. The minimum absolute atomic E-state index is 0.0589. The van der Waals surface area contributed by atoms with Crippen molar-refractivity contribution in [1.82, 2.24) is 25.0 Å². The quantitative estimate of drug-likeness (QED) is 0.583. The zero-order valence-corrected chi connectivity index (χ0v) is 15.4. The van der Waals surface area contributed by atoms with E-state index in [-0.39, 0.29) is 5.92 Å². The predicted octanol–water partition coefficient (Wildman–Crippen LogP) is 2.13. The van der Waals surface area contributed by atoms with E-state index in [1.807, 2.05) is 49.4 Å². The van der Waals surface area contributed by atoms with Crippen LogP contribution in [0.2, 0.25) is 0 Å². The van der Waals surface area contributed by atoms with Crippen molar-refractivity contribution in [3.8, 4) is 11.3 Å². The van der Waals surface area contributed by atoms with Crippen LogP contribution in [-0.2, 0) is 6.42 Å². The number of aryl methyl sites for hydroxylation is 1. The van der Waals surface area contributed by atoms with Gasteiger partial charge in [-0.1, -0.05) is 35.5 Å². The Morgan fingerprint density at radius 3 is 2.82 bits per heavy atom. The highest BCUT2D eigenvalue weighted by Crippen LogP contribution is 2.31. The van der Waals surface area contributed by atoms with E-state index in [4.69, 9.17) is 4.52 Å². The summed E-state index contributed by atoms with van der Waals surface area (Å²) in [5.74, 6) is 0.861. The average Bonchev–Trinajstić information content (AvgIpc) is 3.43. The average molecular weight is 376 g/mol. The molecule has 0 amide bonds. The van der Waals surface area contributed by atoms with Crippen LogP contribution >= 0.6 is 0 Å². The molecule has 1 aliphatic heterocycles. The molecule has 1 N–H and O–H groups in total.